The number of thioether (sulfide) groups is 1. The maximum absolute atomic E-state index is 10.2. The monoisotopic (exact) mass is 587 g/mol. The fraction of sp³-hybridized carbons (Fsp3) is 0.267. The Bertz CT molecular complexity index is 1660. The molecule has 0 amide bonds. The minimum atomic E-state index is -0.623. The molecular formula is C30H26ClN5O4S. The van der Waals surface area contributed by atoms with Crippen LogP contribution in [0.3, 0.4) is 0 Å². The zero-order valence-electron chi connectivity index (χ0n) is 22.6. The first-order valence-corrected chi connectivity index (χ1v) is 14.1. The molecule has 2 N–H and O–H groups in total. The third-order valence-electron chi connectivity index (χ3n) is 6.39. The van der Waals surface area contributed by atoms with Crippen molar-refractivity contribution in [2.75, 3.05) is 18.9 Å². The van der Waals surface area contributed by atoms with Gasteiger partial charge >= 0.3 is 0 Å². The lowest BCUT2D eigenvalue weighted by atomic mass is 9.97. The number of benzene rings is 2. The maximum atomic E-state index is 10.2. The number of aryl methyl sites for hydroxylation is 1. The Kier molecular flexibility index (Phi) is 8.20. The van der Waals surface area contributed by atoms with Crippen molar-refractivity contribution in [2.24, 2.45) is 0 Å². The van der Waals surface area contributed by atoms with Crippen LogP contribution in [0.4, 0.5) is 5.82 Å². The van der Waals surface area contributed by atoms with Gasteiger partial charge < -0.3 is 24.4 Å². The summed E-state index contributed by atoms with van der Waals surface area (Å²) in [5.41, 5.74) is 9.17. The van der Waals surface area contributed by atoms with E-state index < -0.39 is 5.79 Å². The molecule has 9 nitrogen and oxygen atoms in total. The Morgan fingerprint density at radius 1 is 1.05 bits per heavy atom. The fourth-order valence-corrected chi connectivity index (χ4v) is 5.48. The van der Waals surface area contributed by atoms with Crippen LogP contribution in [0.5, 0.6) is 5.75 Å². The van der Waals surface area contributed by atoms with E-state index in [1.54, 1.807) is 36.4 Å². The second-order valence-electron chi connectivity index (χ2n) is 9.75. The molecule has 4 aromatic rings. The zero-order valence-corrected chi connectivity index (χ0v) is 24.2. The lowest BCUT2D eigenvalue weighted by molar-refractivity contribution is -0.141. The van der Waals surface area contributed by atoms with E-state index in [0.717, 1.165) is 5.56 Å². The number of hydrogen-bond acceptors (Lipinski definition) is 10. The molecule has 0 spiro atoms. The third-order valence-corrected chi connectivity index (χ3v) is 7.63. The van der Waals surface area contributed by atoms with Crippen LogP contribution in [-0.4, -0.2) is 35.1 Å². The fourth-order valence-electron chi connectivity index (χ4n) is 4.36. The molecule has 2 aromatic heterocycles. The molecule has 1 aliphatic rings. The number of nitrogens with two attached hydrogens (primary N) is 1. The number of pyridine rings is 1. The van der Waals surface area contributed by atoms with Crippen LogP contribution < -0.4 is 10.5 Å². The lowest BCUT2D eigenvalue weighted by Gasteiger charge is -2.17. The Balaban J connectivity index is 1.37. The average molecular weight is 588 g/mol. The van der Waals surface area contributed by atoms with Gasteiger partial charge in [0.1, 0.15) is 52.8 Å². The number of oxazole rings is 1. The minimum absolute atomic E-state index is 0.0454. The maximum Gasteiger partial charge on any atom is 0.226 e. The first kappa shape index (κ1) is 28.5. The van der Waals surface area contributed by atoms with Gasteiger partial charge in [-0.25, -0.2) is 9.97 Å². The van der Waals surface area contributed by atoms with E-state index in [-0.39, 0.29) is 23.0 Å². The van der Waals surface area contributed by atoms with Crippen molar-refractivity contribution in [2.45, 2.75) is 43.4 Å². The highest BCUT2D eigenvalue weighted by atomic mass is 35.5. The lowest BCUT2D eigenvalue weighted by Crippen LogP contribution is -2.25. The molecule has 3 heterocycles. The number of nitriles is 2. The van der Waals surface area contributed by atoms with Gasteiger partial charge in [0.25, 0.3) is 0 Å². The van der Waals surface area contributed by atoms with Crippen LogP contribution >= 0.6 is 23.4 Å². The standard InChI is InChI=1S/C30H26ClN5O4S/c1-17-25(35-28(39-17)19-4-8-20(31)9-5-19)16-41-29-24(13-33)26(23(12-32)27(34)36-29)18-6-10-21(11-7-18)37-14-22-15-38-30(2,3)40-22/h4-11,22H,14-16H2,1-3H3,(H2,34,36). The Hall–Kier alpha value is -4.06. The summed E-state index contributed by atoms with van der Waals surface area (Å²) in [5.74, 6) is 1.55. The predicted molar refractivity (Wildman–Crippen MR) is 155 cm³/mol. The summed E-state index contributed by atoms with van der Waals surface area (Å²) < 4.78 is 23.1. The number of anilines is 1. The molecule has 0 bridgehead atoms. The van der Waals surface area contributed by atoms with Gasteiger partial charge in [0.2, 0.25) is 5.89 Å². The van der Waals surface area contributed by atoms with Crippen LogP contribution in [0.15, 0.2) is 58.0 Å². The number of rotatable bonds is 8. The molecule has 0 radical (unpaired) electrons. The van der Waals surface area contributed by atoms with Crippen LogP contribution in [-0.2, 0) is 15.2 Å². The van der Waals surface area contributed by atoms with Crippen LogP contribution in [0.1, 0.15) is 36.4 Å². The van der Waals surface area contributed by atoms with Crippen molar-refractivity contribution >= 4 is 29.2 Å². The van der Waals surface area contributed by atoms with Crippen molar-refractivity contribution < 1.29 is 18.6 Å². The smallest absolute Gasteiger partial charge is 0.226 e. The van der Waals surface area contributed by atoms with Gasteiger partial charge in [-0.05, 0) is 62.7 Å². The molecule has 208 valence electrons. The highest BCUT2D eigenvalue weighted by Gasteiger charge is 2.33. The van der Waals surface area contributed by atoms with E-state index in [0.29, 0.717) is 63.2 Å². The van der Waals surface area contributed by atoms with Gasteiger partial charge in [-0.3, -0.25) is 0 Å². The molecule has 1 atom stereocenters. The summed E-state index contributed by atoms with van der Waals surface area (Å²) >= 11 is 7.29. The van der Waals surface area contributed by atoms with Crippen molar-refractivity contribution in [3.05, 3.63) is 76.1 Å². The Labute approximate surface area is 246 Å². The van der Waals surface area contributed by atoms with Gasteiger partial charge in [-0.15, -0.1) is 0 Å². The predicted octanol–water partition coefficient (Wildman–Crippen LogP) is 6.51. The quantitative estimate of drug-likeness (QED) is 0.227. The zero-order chi connectivity index (χ0) is 29.1. The van der Waals surface area contributed by atoms with Crippen LogP contribution in [0.25, 0.3) is 22.6 Å². The largest absolute Gasteiger partial charge is 0.491 e. The topological polar surface area (TPSA) is 140 Å². The number of hydrogen-bond donors (Lipinski definition) is 1. The second kappa shape index (κ2) is 11.8. The molecular weight excluding hydrogens is 562 g/mol. The first-order chi connectivity index (χ1) is 19.7. The van der Waals surface area contributed by atoms with Crippen molar-refractivity contribution in [3.63, 3.8) is 0 Å². The molecule has 2 aromatic carbocycles. The van der Waals surface area contributed by atoms with E-state index in [9.17, 15) is 10.5 Å². The van der Waals surface area contributed by atoms with Gasteiger partial charge in [-0.2, -0.15) is 10.5 Å². The SMILES string of the molecule is Cc1oc(-c2ccc(Cl)cc2)nc1CSc1nc(N)c(C#N)c(-c2ccc(OCC3COC(C)(C)O3)cc2)c1C#N. The average Bonchev–Trinajstić information content (AvgIpc) is 3.51. The number of nitrogens with zero attached hydrogens (tertiary/aromatic N) is 4. The van der Waals surface area contributed by atoms with Gasteiger partial charge in [0.15, 0.2) is 5.79 Å². The van der Waals surface area contributed by atoms with E-state index in [1.165, 1.54) is 11.8 Å². The molecule has 41 heavy (non-hydrogen) atoms. The van der Waals surface area contributed by atoms with Crippen LogP contribution in [0, 0.1) is 29.6 Å². The van der Waals surface area contributed by atoms with Crippen molar-refractivity contribution in [1.29, 1.82) is 10.5 Å². The van der Waals surface area contributed by atoms with Crippen molar-refractivity contribution in [3.8, 4) is 40.5 Å². The van der Waals surface area contributed by atoms with Gasteiger partial charge in [0.05, 0.1) is 17.9 Å². The first-order valence-electron chi connectivity index (χ1n) is 12.7. The minimum Gasteiger partial charge on any atom is -0.491 e. The molecule has 11 heteroatoms. The summed E-state index contributed by atoms with van der Waals surface area (Å²) in [4.78, 5) is 9.02. The number of nitrogen functional groups attached to an aromatic ring is 1. The number of aromatic nitrogens is 2. The van der Waals surface area contributed by atoms with Crippen molar-refractivity contribution in [1.82, 2.24) is 9.97 Å². The highest BCUT2D eigenvalue weighted by Crippen LogP contribution is 2.38. The second-order valence-corrected chi connectivity index (χ2v) is 11.2. The van der Waals surface area contributed by atoms with Gasteiger partial charge in [0, 0.05) is 21.9 Å². The molecule has 5 rings (SSSR count). The number of ether oxygens (including phenoxy) is 3. The molecule has 1 aliphatic heterocycles. The van der Waals surface area contributed by atoms with E-state index in [4.69, 9.17) is 36.0 Å². The molecule has 1 unspecified atom stereocenters. The summed E-state index contributed by atoms with van der Waals surface area (Å²) in [5, 5.41) is 21.1. The summed E-state index contributed by atoms with van der Waals surface area (Å²) in [6, 6.07) is 18.7. The van der Waals surface area contributed by atoms with E-state index in [2.05, 4.69) is 22.1 Å². The Morgan fingerprint density at radius 2 is 1.73 bits per heavy atom. The Morgan fingerprint density at radius 3 is 2.37 bits per heavy atom. The van der Waals surface area contributed by atoms with E-state index >= 15 is 0 Å². The molecule has 0 saturated carbocycles. The van der Waals surface area contributed by atoms with Gasteiger partial charge in [-0.1, -0.05) is 35.5 Å². The molecule has 1 fully saturated rings. The summed E-state index contributed by atoms with van der Waals surface area (Å²) in [6.45, 7) is 6.34. The van der Waals surface area contributed by atoms with Crippen LogP contribution in [0.2, 0.25) is 5.02 Å². The highest BCUT2D eigenvalue weighted by molar-refractivity contribution is 7.98. The molecule has 1 saturated heterocycles. The summed E-state index contributed by atoms with van der Waals surface area (Å²) in [7, 11) is 0. The normalized spacial score (nSPS) is 15.8. The molecule has 0 aliphatic carbocycles. The van der Waals surface area contributed by atoms with E-state index in [1.807, 2.05) is 32.9 Å². The summed E-state index contributed by atoms with van der Waals surface area (Å²) in [6.07, 6.45) is -0.171. The number of halogens is 1. The third kappa shape index (κ3) is 6.32.